The minimum Gasteiger partial charge on any atom is -0.377 e. The average Bonchev–Trinajstić information content (AvgIpc) is 3.41. The van der Waals surface area contributed by atoms with Crippen LogP contribution < -0.4 is 9.80 Å². The normalized spacial score (nSPS) is 25.1. The third kappa shape index (κ3) is 3.83. The predicted molar refractivity (Wildman–Crippen MR) is 127 cm³/mol. The Morgan fingerprint density at radius 1 is 1.18 bits per heavy atom. The van der Waals surface area contributed by atoms with E-state index in [2.05, 4.69) is 11.8 Å². The van der Waals surface area contributed by atoms with Crippen LogP contribution in [0.15, 0.2) is 12.1 Å². The van der Waals surface area contributed by atoms with Gasteiger partial charge in [0.05, 0.1) is 54.1 Å². The van der Waals surface area contributed by atoms with Crippen LogP contribution >= 0.6 is 11.5 Å². The number of morpholine rings is 1. The third-order valence-electron chi connectivity index (χ3n) is 6.77. The van der Waals surface area contributed by atoms with E-state index in [-0.39, 0.29) is 25.4 Å². The summed E-state index contributed by atoms with van der Waals surface area (Å²) in [5, 5.41) is 4.72. The Hall–Kier alpha value is -2.37. The summed E-state index contributed by atoms with van der Waals surface area (Å²) in [6, 6.07) is 4.09. The first-order valence-electron chi connectivity index (χ1n) is 11.9. The first-order valence-corrected chi connectivity index (χ1v) is 12.6. The lowest BCUT2D eigenvalue weighted by Gasteiger charge is -2.41. The van der Waals surface area contributed by atoms with Gasteiger partial charge in [0.25, 0.3) is 5.92 Å². The van der Waals surface area contributed by atoms with Crippen LogP contribution in [0.3, 0.4) is 0 Å². The molecule has 3 aliphatic rings. The summed E-state index contributed by atoms with van der Waals surface area (Å²) in [6.45, 7) is 6.11. The van der Waals surface area contributed by atoms with Crippen molar-refractivity contribution in [3.05, 3.63) is 17.8 Å². The molecular formula is C23H28F2N6O2S. The highest BCUT2D eigenvalue weighted by atomic mass is 32.1. The topological polar surface area (TPSA) is 68.5 Å². The van der Waals surface area contributed by atoms with Gasteiger partial charge in [-0.1, -0.05) is 0 Å². The standard InChI is InChI=1S/C23H28F2N6O2S/c1-14-9-16(31(27-14)19-5-3-4-7-33-19)20-21-22(34-28-20)17(29-12-23(24,25)13-29)10-18(26-21)30-6-8-32-11-15(30)2/h9-10,15,19H,3-8,11-13H2,1-2H3/t15-,19?/m1/s1. The molecule has 6 heterocycles. The van der Waals surface area contributed by atoms with Crippen molar-refractivity contribution < 1.29 is 18.3 Å². The minimum absolute atomic E-state index is 0.134. The second kappa shape index (κ2) is 8.39. The maximum Gasteiger partial charge on any atom is 0.282 e. The van der Waals surface area contributed by atoms with Gasteiger partial charge in [-0.05, 0) is 50.7 Å². The molecule has 3 fully saturated rings. The molecule has 0 amide bonds. The van der Waals surface area contributed by atoms with Crippen molar-refractivity contribution in [3.63, 3.8) is 0 Å². The summed E-state index contributed by atoms with van der Waals surface area (Å²) >= 11 is 1.31. The fraction of sp³-hybridized carbons (Fsp3) is 0.609. The predicted octanol–water partition coefficient (Wildman–Crippen LogP) is 4.24. The van der Waals surface area contributed by atoms with Gasteiger partial charge < -0.3 is 19.3 Å². The van der Waals surface area contributed by atoms with Gasteiger partial charge in [-0.2, -0.15) is 9.47 Å². The molecule has 182 valence electrons. The molecule has 0 spiro atoms. The molecule has 11 heteroatoms. The number of hydrogen-bond acceptors (Lipinski definition) is 8. The van der Waals surface area contributed by atoms with Gasteiger partial charge in [-0.3, -0.25) is 0 Å². The lowest BCUT2D eigenvalue weighted by molar-refractivity contribution is -0.0385. The first-order chi connectivity index (χ1) is 16.4. The minimum atomic E-state index is -2.66. The molecule has 3 aliphatic heterocycles. The summed E-state index contributed by atoms with van der Waals surface area (Å²) in [5.74, 6) is -1.89. The van der Waals surface area contributed by atoms with E-state index in [1.54, 1.807) is 4.90 Å². The Kier molecular flexibility index (Phi) is 5.45. The van der Waals surface area contributed by atoms with E-state index >= 15 is 0 Å². The van der Waals surface area contributed by atoms with E-state index < -0.39 is 5.92 Å². The number of fused-ring (bicyclic) bond motifs is 1. The third-order valence-corrected chi connectivity index (χ3v) is 7.63. The molecule has 0 saturated carbocycles. The van der Waals surface area contributed by atoms with Crippen LogP contribution in [0.25, 0.3) is 21.6 Å². The lowest BCUT2D eigenvalue weighted by atomic mass is 10.1. The van der Waals surface area contributed by atoms with Crippen LogP contribution in [0.5, 0.6) is 0 Å². The molecule has 0 radical (unpaired) electrons. The van der Waals surface area contributed by atoms with Gasteiger partial charge in [0.15, 0.2) is 6.23 Å². The number of aromatic nitrogens is 4. The number of alkyl halides is 2. The Morgan fingerprint density at radius 2 is 2.03 bits per heavy atom. The number of ether oxygens (including phenoxy) is 2. The zero-order valence-corrected chi connectivity index (χ0v) is 20.2. The lowest BCUT2D eigenvalue weighted by Crippen LogP contribution is -2.56. The molecule has 8 nitrogen and oxygen atoms in total. The zero-order chi connectivity index (χ0) is 23.4. The van der Waals surface area contributed by atoms with E-state index in [1.807, 2.05) is 23.7 Å². The summed E-state index contributed by atoms with van der Waals surface area (Å²) in [6.07, 6.45) is 2.91. The van der Waals surface area contributed by atoms with E-state index in [0.29, 0.717) is 26.4 Å². The van der Waals surface area contributed by atoms with Crippen molar-refractivity contribution >= 4 is 33.3 Å². The van der Waals surface area contributed by atoms with Gasteiger partial charge in [-0.25, -0.2) is 18.4 Å². The highest BCUT2D eigenvalue weighted by Gasteiger charge is 2.45. The fourth-order valence-corrected chi connectivity index (χ4v) is 5.89. The van der Waals surface area contributed by atoms with Crippen LogP contribution in [0.2, 0.25) is 0 Å². The second-order valence-electron chi connectivity index (χ2n) is 9.47. The molecule has 34 heavy (non-hydrogen) atoms. The maximum absolute atomic E-state index is 13.8. The molecule has 3 aromatic rings. The molecule has 6 rings (SSSR count). The highest BCUT2D eigenvalue weighted by molar-refractivity contribution is 7.14. The van der Waals surface area contributed by atoms with E-state index in [9.17, 15) is 8.78 Å². The van der Waals surface area contributed by atoms with Gasteiger partial charge in [-0.15, -0.1) is 0 Å². The number of rotatable bonds is 4. The van der Waals surface area contributed by atoms with Gasteiger partial charge in [0, 0.05) is 19.2 Å². The molecule has 0 N–H and O–H groups in total. The Bertz CT molecular complexity index is 1200. The van der Waals surface area contributed by atoms with Gasteiger partial charge in [0.2, 0.25) is 0 Å². The van der Waals surface area contributed by atoms with E-state index in [0.717, 1.165) is 58.1 Å². The SMILES string of the molecule is Cc1cc(-c2nsc3c(N4CC(F)(F)C4)cc(N4CCOC[C@H]4C)nc23)n(C2CCCCO2)n1. The van der Waals surface area contributed by atoms with Crippen LogP contribution in [-0.4, -0.2) is 70.6 Å². The summed E-state index contributed by atoms with van der Waals surface area (Å²) in [4.78, 5) is 8.96. The number of halogens is 2. The van der Waals surface area contributed by atoms with Crippen LogP contribution in [-0.2, 0) is 9.47 Å². The van der Waals surface area contributed by atoms with E-state index in [1.165, 1.54) is 11.5 Å². The molecule has 0 aliphatic carbocycles. The molecule has 3 saturated heterocycles. The number of nitrogens with zero attached hydrogens (tertiary/aromatic N) is 6. The molecule has 1 unspecified atom stereocenters. The summed E-state index contributed by atoms with van der Waals surface area (Å²) in [5.41, 5.74) is 3.96. The Labute approximate surface area is 200 Å². The Balaban J connectivity index is 1.48. The molecule has 2 atom stereocenters. The molecule has 0 aromatic carbocycles. The smallest absolute Gasteiger partial charge is 0.282 e. The van der Waals surface area contributed by atoms with Crippen molar-refractivity contribution in [2.24, 2.45) is 0 Å². The van der Waals surface area contributed by atoms with Crippen molar-refractivity contribution in [3.8, 4) is 11.4 Å². The van der Waals surface area contributed by atoms with Crippen molar-refractivity contribution in [1.82, 2.24) is 19.1 Å². The van der Waals surface area contributed by atoms with Crippen molar-refractivity contribution in [2.75, 3.05) is 49.3 Å². The first kappa shape index (κ1) is 22.1. The van der Waals surface area contributed by atoms with Gasteiger partial charge in [0.1, 0.15) is 17.0 Å². The average molecular weight is 491 g/mol. The van der Waals surface area contributed by atoms with Crippen molar-refractivity contribution in [2.45, 2.75) is 51.3 Å². The van der Waals surface area contributed by atoms with Crippen LogP contribution in [0.1, 0.15) is 38.1 Å². The van der Waals surface area contributed by atoms with Crippen LogP contribution in [0, 0.1) is 6.92 Å². The van der Waals surface area contributed by atoms with Crippen LogP contribution in [0.4, 0.5) is 20.3 Å². The summed E-state index contributed by atoms with van der Waals surface area (Å²) in [7, 11) is 0. The number of pyridine rings is 1. The molecule has 0 bridgehead atoms. The monoisotopic (exact) mass is 490 g/mol. The largest absolute Gasteiger partial charge is 0.377 e. The molecular weight excluding hydrogens is 462 g/mol. The number of aryl methyl sites for hydroxylation is 1. The maximum atomic E-state index is 13.8. The highest BCUT2D eigenvalue weighted by Crippen LogP contribution is 2.43. The summed E-state index contributed by atoms with van der Waals surface area (Å²) < 4.78 is 46.8. The number of anilines is 2. The second-order valence-corrected chi connectivity index (χ2v) is 10.2. The molecule has 3 aromatic heterocycles. The fourth-order valence-electron chi connectivity index (χ4n) is 5.02. The Morgan fingerprint density at radius 3 is 2.76 bits per heavy atom. The quantitative estimate of drug-likeness (QED) is 0.542. The van der Waals surface area contributed by atoms with Gasteiger partial charge >= 0.3 is 0 Å². The van der Waals surface area contributed by atoms with Crippen molar-refractivity contribution in [1.29, 1.82) is 0 Å². The number of hydrogen-bond donors (Lipinski definition) is 0. The van der Waals surface area contributed by atoms with E-state index in [4.69, 9.17) is 23.9 Å². The zero-order valence-electron chi connectivity index (χ0n) is 19.3.